The van der Waals surface area contributed by atoms with E-state index in [-0.39, 0.29) is 0 Å². The molecule has 3 aromatic rings. The van der Waals surface area contributed by atoms with Gasteiger partial charge in [0.25, 0.3) is 0 Å². The molecule has 1 aliphatic heterocycles. The monoisotopic (exact) mass is 291 g/mol. The van der Waals surface area contributed by atoms with Crippen LogP contribution in [0.15, 0.2) is 59.1 Å². The Kier molecular flexibility index (Phi) is 3.35. The van der Waals surface area contributed by atoms with Crippen molar-refractivity contribution < 1.29 is 4.52 Å². The molecule has 2 heterocycles. The maximum Gasteiger partial charge on any atom is 0.246 e. The standard InChI is InChI=1S/C18H17N3O/c1-2-8-15(9-3-1)18-19-17(22-20-18)13-21-12-6-10-14-7-4-5-11-16(14)21/h1-5,7-9,11H,6,10,12-13H2. The molecule has 22 heavy (non-hydrogen) atoms. The molecular formula is C18H17N3O. The fourth-order valence-electron chi connectivity index (χ4n) is 2.96. The SMILES string of the molecule is c1ccc(-c2noc(CN3CCCc4ccccc43)n2)cc1. The average molecular weight is 291 g/mol. The van der Waals surface area contributed by atoms with Crippen LogP contribution in [0.2, 0.25) is 0 Å². The number of benzene rings is 2. The summed E-state index contributed by atoms with van der Waals surface area (Å²) in [7, 11) is 0. The van der Waals surface area contributed by atoms with Crippen molar-refractivity contribution in [3.63, 3.8) is 0 Å². The number of anilines is 1. The van der Waals surface area contributed by atoms with Gasteiger partial charge in [0.2, 0.25) is 11.7 Å². The first kappa shape index (κ1) is 13.1. The highest BCUT2D eigenvalue weighted by Gasteiger charge is 2.19. The van der Waals surface area contributed by atoms with Gasteiger partial charge in [-0.1, -0.05) is 53.7 Å². The van der Waals surface area contributed by atoms with Gasteiger partial charge in [-0.3, -0.25) is 0 Å². The molecule has 0 aliphatic carbocycles. The second-order valence-electron chi connectivity index (χ2n) is 5.53. The summed E-state index contributed by atoms with van der Waals surface area (Å²) in [6.45, 7) is 1.69. The molecule has 1 aromatic heterocycles. The Bertz CT molecular complexity index is 767. The first-order chi connectivity index (χ1) is 10.9. The molecule has 0 saturated carbocycles. The van der Waals surface area contributed by atoms with E-state index in [4.69, 9.17) is 4.52 Å². The first-order valence-electron chi connectivity index (χ1n) is 7.61. The van der Waals surface area contributed by atoms with E-state index in [0.29, 0.717) is 18.3 Å². The van der Waals surface area contributed by atoms with Gasteiger partial charge in [-0.2, -0.15) is 4.98 Å². The molecule has 0 N–H and O–H groups in total. The van der Waals surface area contributed by atoms with Gasteiger partial charge >= 0.3 is 0 Å². The van der Waals surface area contributed by atoms with E-state index in [1.54, 1.807) is 0 Å². The predicted octanol–water partition coefficient (Wildman–Crippen LogP) is 3.69. The summed E-state index contributed by atoms with van der Waals surface area (Å²) in [5.74, 6) is 1.32. The number of para-hydroxylation sites is 1. The van der Waals surface area contributed by atoms with Crippen molar-refractivity contribution in [3.8, 4) is 11.4 Å². The number of hydrogen-bond donors (Lipinski definition) is 0. The van der Waals surface area contributed by atoms with Gasteiger partial charge in [0, 0.05) is 17.8 Å². The Labute approximate surface area is 129 Å². The molecule has 0 unspecified atom stereocenters. The maximum absolute atomic E-state index is 5.43. The molecule has 0 atom stereocenters. The van der Waals surface area contributed by atoms with E-state index in [1.807, 2.05) is 30.3 Å². The van der Waals surface area contributed by atoms with Crippen molar-refractivity contribution >= 4 is 5.69 Å². The fourth-order valence-corrected chi connectivity index (χ4v) is 2.96. The zero-order valence-electron chi connectivity index (χ0n) is 12.3. The van der Waals surface area contributed by atoms with Crippen LogP contribution >= 0.6 is 0 Å². The van der Waals surface area contributed by atoms with E-state index in [9.17, 15) is 0 Å². The highest BCUT2D eigenvalue weighted by atomic mass is 16.5. The maximum atomic E-state index is 5.43. The molecule has 0 radical (unpaired) electrons. The zero-order chi connectivity index (χ0) is 14.8. The Morgan fingerprint density at radius 2 is 1.82 bits per heavy atom. The lowest BCUT2D eigenvalue weighted by Crippen LogP contribution is -2.28. The van der Waals surface area contributed by atoms with Gasteiger partial charge in [0.15, 0.2) is 0 Å². The topological polar surface area (TPSA) is 42.2 Å². The van der Waals surface area contributed by atoms with Gasteiger partial charge in [-0.05, 0) is 24.5 Å². The van der Waals surface area contributed by atoms with Crippen LogP contribution in [0.25, 0.3) is 11.4 Å². The Balaban J connectivity index is 1.57. The molecule has 4 rings (SSSR count). The third-order valence-corrected chi connectivity index (χ3v) is 4.03. The van der Waals surface area contributed by atoms with Crippen molar-refractivity contribution in [1.82, 2.24) is 10.1 Å². The van der Waals surface area contributed by atoms with Crippen LogP contribution in [-0.4, -0.2) is 16.7 Å². The molecule has 4 heteroatoms. The van der Waals surface area contributed by atoms with Gasteiger partial charge < -0.3 is 9.42 Å². The molecular weight excluding hydrogens is 274 g/mol. The zero-order valence-corrected chi connectivity index (χ0v) is 12.3. The molecule has 0 spiro atoms. The van der Waals surface area contributed by atoms with E-state index in [2.05, 4.69) is 39.3 Å². The number of aryl methyl sites for hydroxylation is 1. The third-order valence-electron chi connectivity index (χ3n) is 4.03. The normalized spacial score (nSPS) is 13.9. The highest BCUT2D eigenvalue weighted by molar-refractivity contribution is 5.56. The highest BCUT2D eigenvalue weighted by Crippen LogP contribution is 2.28. The largest absolute Gasteiger partial charge is 0.362 e. The van der Waals surface area contributed by atoms with E-state index >= 15 is 0 Å². The molecule has 1 aliphatic rings. The second kappa shape index (κ2) is 5.64. The molecule has 0 fully saturated rings. The minimum absolute atomic E-state index is 0.654. The summed E-state index contributed by atoms with van der Waals surface area (Å²) in [6, 6.07) is 18.5. The third kappa shape index (κ3) is 2.48. The predicted molar refractivity (Wildman–Crippen MR) is 85.5 cm³/mol. The van der Waals surface area contributed by atoms with Crippen molar-refractivity contribution in [2.24, 2.45) is 0 Å². The van der Waals surface area contributed by atoms with E-state index in [0.717, 1.165) is 24.9 Å². The fraction of sp³-hybridized carbons (Fsp3) is 0.222. The quantitative estimate of drug-likeness (QED) is 0.738. The van der Waals surface area contributed by atoms with Gasteiger partial charge in [-0.15, -0.1) is 0 Å². The Hall–Kier alpha value is -2.62. The molecule has 0 amide bonds. The summed E-state index contributed by atoms with van der Waals surface area (Å²) >= 11 is 0. The van der Waals surface area contributed by atoms with Gasteiger partial charge in [0.05, 0.1) is 6.54 Å². The summed E-state index contributed by atoms with van der Waals surface area (Å²) in [4.78, 5) is 6.85. The van der Waals surface area contributed by atoms with Crippen LogP contribution in [-0.2, 0) is 13.0 Å². The van der Waals surface area contributed by atoms with Crippen LogP contribution in [0.5, 0.6) is 0 Å². The summed E-state index contributed by atoms with van der Waals surface area (Å²) in [5, 5.41) is 4.10. The minimum Gasteiger partial charge on any atom is -0.362 e. The van der Waals surface area contributed by atoms with Crippen LogP contribution in [0.3, 0.4) is 0 Å². The van der Waals surface area contributed by atoms with Crippen LogP contribution in [0.4, 0.5) is 5.69 Å². The summed E-state index contributed by atoms with van der Waals surface area (Å²) < 4.78 is 5.43. The Morgan fingerprint density at radius 3 is 2.73 bits per heavy atom. The van der Waals surface area contributed by atoms with Gasteiger partial charge in [0.1, 0.15) is 0 Å². The average Bonchev–Trinajstić information content (AvgIpc) is 3.05. The minimum atomic E-state index is 0.654. The number of hydrogen-bond acceptors (Lipinski definition) is 4. The number of aromatic nitrogens is 2. The van der Waals surface area contributed by atoms with Crippen molar-refractivity contribution in [3.05, 3.63) is 66.1 Å². The molecule has 110 valence electrons. The van der Waals surface area contributed by atoms with Crippen LogP contribution in [0.1, 0.15) is 17.9 Å². The second-order valence-corrected chi connectivity index (χ2v) is 5.53. The Morgan fingerprint density at radius 1 is 1.00 bits per heavy atom. The molecule has 0 saturated heterocycles. The lowest BCUT2D eigenvalue weighted by molar-refractivity contribution is 0.375. The number of nitrogens with zero attached hydrogens (tertiary/aromatic N) is 3. The first-order valence-corrected chi connectivity index (χ1v) is 7.61. The summed E-state index contributed by atoms with van der Waals surface area (Å²) in [6.07, 6.45) is 2.31. The molecule has 4 nitrogen and oxygen atoms in total. The van der Waals surface area contributed by atoms with Crippen LogP contribution in [0, 0.1) is 0 Å². The summed E-state index contributed by atoms with van der Waals surface area (Å²) in [5.41, 5.74) is 3.67. The van der Waals surface area contributed by atoms with Gasteiger partial charge in [-0.25, -0.2) is 0 Å². The van der Waals surface area contributed by atoms with Crippen LogP contribution < -0.4 is 4.90 Å². The van der Waals surface area contributed by atoms with Crippen molar-refractivity contribution in [2.75, 3.05) is 11.4 Å². The van der Waals surface area contributed by atoms with Crippen molar-refractivity contribution in [1.29, 1.82) is 0 Å². The molecule has 0 bridgehead atoms. The van der Waals surface area contributed by atoms with E-state index < -0.39 is 0 Å². The van der Waals surface area contributed by atoms with Crippen molar-refractivity contribution in [2.45, 2.75) is 19.4 Å². The lowest BCUT2D eigenvalue weighted by Gasteiger charge is -2.29. The lowest BCUT2D eigenvalue weighted by atomic mass is 10.0. The van der Waals surface area contributed by atoms with E-state index in [1.165, 1.54) is 11.3 Å². The molecule has 2 aromatic carbocycles. The smallest absolute Gasteiger partial charge is 0.246 e. The number of rotatable bonds is 3. The number of fused-ring (bicyclic) bond motifs is 1.